The quantitative estimate of drug-likeness (QED) is 0.801. The van der Waals surface area contributed by atoms with Crippen LogP contribution in [0.2, 0.25) is 0 Å². The molecule has 0 saturated heterocycles. The van der Waals surface area contributed by atoms with Gasteiger partial charge < -0.3 is 15.0 Å². The number of rotatable bonds is 5. The van der Waals surface area contributed by atoms with Gasteiger partial charge in [0.2, 0.25) is 0 Å². The fraction of sp³-hybridized carbons (Fsp3) is 0.692. The first kappa shape index (κ1) is 13.3. The van der Waals surface area contributed by atoms with Crippen molar-refractivity contribution in [3.05, 3.63) is 23.0 Å². The first-order valence-corrected chi connectivity index (χ1v) is 5.95. The van der Waals surface area contributed by atoms with Crippen molar-refractivity contribution < 1.29 is 5.11 Å². The van der Waals surface area contributed by atoms with Crippen LogP contribution in [0.1, 0.15) is 37.2 Å². The van der Waals surface area contributed by atoms with Crippen LogP contribution in [0.5, 0.6) is 0 Å². The number of aromatic nitrogens is 1. The molecule has 0 aromatic carbocycles. The number of hydrogen-bond donors (Lipinski definition) is 2. The minimum absolute atomic E-state index is 0.235. The summed E-state index contributed by atoms with van der Waals surface area (Å²) in [4.78, 5) is 0. The molecule has 0 aliphatic heterocycles. The Morgan fingerprint density at radius 1 is 1.38 bits per heavy atom. The lowest BCUT2D eigenvalue weighted by molar-refractivity contribution is 0.170. The van der Waals surface area contributed by atoms with Crippen molar-refractivity contribution in [2.24, 2.45) is 7.05 Å². The SMILES string of the molecule is Cc1cc(CNC(C)CC(C)O)c(C)n1C. The lowest BCUT2D eigenvalue weighted by Crippen LogP contribution is -2.28. The Bertz CT molecular complexity index is 342. The van der Waals surface area contributed by atoms with Crippen molar-refractivity contribution in [1.29, 1.82) is 0 Å². The molecular weight excluding hydrogens is 200 g/mol. The molecule has 2 atom stereocenters. The molecular formula is C13H24N2O. The molecule has 1 rings (SSSR count). The zero-order valence-electron chi connectivity index (χ0n) is 11.0. The first-order chi connectivity index (χ1) is 7.41. The van der Waals surface area contributed by atoms with Gasteiger partial charge in [-0.25, -0.2) is 0 Å². The summed E-state index contributed by atoms with van der Waals surface area (Å²) in [5, 5.41) is 12.7. The number of hydrogen-bond acceptors (Lipinski definition) is 2. The van der Waals surface area contributed by atoms with E-state index in [9.17, 15) is 5.11 Å². The van der Waals surface area contributed by atoms with Crippen LogP contribution < -0.4 is 5.32 Å². The third kappa shape index (κ3) is 3.35. The highest BCUT2D eigenvalue weighted by atomic mass is 16.3. The summed E-state index contributed by atoms with van der Waals surface area (Å²) in [6.07, 6.45) is 0.561. The molecule has 0 aliphatic carbocycles. The highest BCUT2D eigenvalue weighted by molar-refractivity contribution is 5.26. The standard InChI is InChI=1S/C13H24N2O/c1-9(6-11(3)16)14-8-13-7-10(2)15(5)12(13)4/h7,9,11,14,16H,6,8H2,1-5H3. The van der Waals surface area contributed by atoms with Crippen molar-refractivity contribution in [2.75, 3.05) is 0 Å². The van der Waals surface area contributed by atoms with Gasteiger partial charge >= 0.3 is 0 Å². The van der Waals surface area contributed by atoms with Crippen molar-refractivity contribution >= 4 is 0 Å². The predicted octanol–water partition coefficient (Wildman–Crippen LogP) is 1.89. The molecule has 2 unspecified atom stereocenters. The van der Waals surface area contributed by atoms with Gasteiger partial charge in [0.05, 0.1) is 6.10 Å². The zero-order valence-corrected chi connectivity index (χ0v) is 11.0. The maximum atomic E-state index is 9.28. The molecule has 92 valence electrons. The van der Waals surface area contributed by atoms with E-state index < -0.39 is 0 Å². The molecule has 0 fully saturated rings. The Kier molecular flexibility index (Phi) is 4.56. The second-order valence-electron chi connectivity index (χ2n) is 4.82. The van der Waals surface area contributed by atoms with Gasteiger partial charge in [-0.15, -0.1) is 0 Å². The summed E-state index contributed by atoms with van der Waals surface area (Å²) in [6.45, 7) is 9.08. The normalized spacial score (nSPS) is 15.1. The fourth-order valence-corrected chi connectivity index (χ4v) is 1.99. The largest absolute Gasteiger partial charge is 0.393 e. The first-order valence-electron chi connectivity index (χ1n) is 5.95. The van der Waals surface area contributed by atoms with Gasteiger partial charge in [-0.1, -0.05) is 0 Å². The number of nitrogens with zero attached hydrogens (tertiary/aromatic N) is 1. The van der Waals surface area contributed by atoms with E-state index in [1.807, 2.05) is 6.92 Å². The average molecular weight is 224 g/mol. The summed E-state index contributed by atoms with van der Waals surface area (Å²) >= 11 is 0. The Balaban J connectivity index is 2.51. The van der Waals surface area contributed by atoms with E-state index in [1.54, 1.807) is 0 Å². The van der Waals surface area contributed by atoms with Crippen LogP contribution in [0, 0.1) is 13.8 Å². The van der Waals surface area contributed by atoms with Crippen molar-refractivity contribution in [3.8, 4) is 0 Å². The van der Waals surface area contributed by atoms with Gasteiger partial charge in [0.15, 0.2) is 0 Å². The van der Waals surface area contributed by atoms with Crippen LogP contribution in [0.25, 0.3) is 0 Å². The van der Waals surface area contributed by atoms with Gasteiger partial charge in [-0.2, -0.15) is 0 Å². The van der Waals surface area contributed by atoms with Gasteiger partial charge in [0.1, 0.15) is 0 Å². The van der Waals surface area contributed by atoms with E-state index in [-0.39, 0.29) is 6.10 Å². The van der Waals surface area contributed by atoms with Gasteiger partial charge in [-0.3, -0.25) is 0 Å². The maximum Gasteiger partial charge on any atom is 0.0526 e. The van der Waals surface area contributed by atoms with E-state index in [4.69, 9.17) is 0 Å². The summed E-state index contributed by atoms with van der Waals surface area (Å²) in [5.74, 6) is 0. The molecule has 0 bridgehead atoms. The van der Waals surface area contributed by atoms with E-state index in [0.717, 1.165) is 13.0 Å². The van der Waals surface area contributed by atoms with Crippen LogP contribution in [0.15, 0.2) is 6.07 Å². The van der Waals surface area contributed by atoms with Crippen LogP contribution in [-0.4, -0.2) is 21.8 Å². The highest BCUT2D eigenvalue weighted by Crippen LogP contribution is 2.13. The molecule has 2 N–H and O–H groups in total. The Labute approximate surface area is 98.5 Å². The van der Waals surface area contributed by atoms with Gasteiger partial charge in [0.25, 0.3) is 0 Å². The van der Waals surface area contributed by atoms with E-state index in [1.165, 1.54) is 17.0 Å². The summed E-state index contributed by atoms with van der Waals surface area (Å²) in [7, 11) is 2.09. The molecule has 0 saturated carbocycles. The van der Waals surface area contributed by atoms with Crippen LogP contribution in [-0.2, 0) is 13.6 Å². The minimum atomic E-state index is -0.235. The van der Waals surface area contributed by atoms with E-state index in [0.29, 0.717) is 6.04 Å². The Morgan fingerprint density at radius 3 is 2.44 bits per heavy atom. The molecule has 0 spiro atoms. The van der Waals surface area contributed by atoms with Crippen molar-refractivity contribution in [3.63, 3.8) is 0 Å². The molecule has 16 heavy (non-hydrogen) atoms. The molecule has 0 amide bonds. The van der Waals surface area contributed by atoms with Crippen molar-refractivity contribution in [2.45, 2.75) is 52.8 Å². The highest BCUT2D eigenvalue weighted by Gasteiger charge is 2.09. The monoisotopic (exact) mass is 224 g/mol. The van der Waals surface area contributed by atoms with Crippen LogP contribution in [0.4, 0.5) is 0 Å². The van der Waals surface area contributed by atoms with Gasteiger partial charge in [-0.05, 0) is 45.7 Å². The summed E-state index contributed by atoms with van der Waals surface area (Å²) < 4.78 is 2.20. The summed E-state index contributed by atoms with van der Waals surface area (Å²) in [5.41, 5.74) is 3.95. The second kappa shape index (κ2) is 5.51. The minimum Gasteiger partial charge on any atom is -0.393 e. The molecule has 1 aromatic rings. The molecule has 3 nitrogen and oxygen atoms in total. The van der Waals surface area contributed by atoms with Crippen LogP contribution >= 0.6 is 0 Å². The number of nitrogens with one attached hydrogen (secondary N) is 1. The number of aryl methyl sites for hydroxylation is 1. The third-order valence-electron chi connectivity index (χ3n) is 3.22. The molecule has 0 aliphatic rings. The average Bonchev–Trinajstić information content (AvgIpc) is 2.42. The molecule has 1 heterocycles. The predicted molar refractivity (Wildman–Crippen MR) is 67.5 cm³/mol. The maximum absolute atomic E-state index is 9.28. The molecule has 0 radical (unpaired) electrons. The Morgan fingerprint density at radius 2 is 2.00 bits per heavy atom. The topological polar surface area (TPSA) is 37.2 Å². The lowest BCUT2D eigenvalue weighted by Gasteiger charge is -2.15. The van der Waals surface area contributed by atoms with Crippen molar-refractivity contribution in [1.82, 2.24) is 9.88 Å². The van der Waals surface area contributed by atoms with Gasteiger partial charge in [0, 0.05) is 31.0 Å². The zero-order chi connectivity index (χ0) is 12.3. The molecule has 3 heteroatoms. The number of aliphatic hydroxyl groups is 1. The fourth-order valence-electron chi connectivity index (χ4n) is 1.99. The second-order valence-corrected chi connectivity index (χ2v) is 4.82. The van der Waals surface area contributed by atoms with E-state index in [2.05, 4.69) is 43.8 Å². The smallest absolute Gasteiger partial charge is 0.0526 e. The third-order valence-corrected chi connectivity index (χ3v) is 3.22. The van der Waals surface area contributed by atoms with E-state index >= 15 is 0 Å². The Hall–Kier alpha value is -0.800. The van der Waals surface area contributed by atoms with Crippen LogP contribution in [0.3, 0.4) is 0 Å². The molecule has 1 aromatic heterocycles. The summed E-state index contributed by atoms with van der Waals surface area (Å²) in [6, 6.07) is 2.57. The number of aliphatic hydroxyl groups excluding tert-OH is 1. The lowest BCUT2D eigenvalue weighted by atomic mass is 10.1.